The number of aliphatic carboxylic acids is 1. The molecule has 0 spiro atoms. The zero-order valence-electron chi connectivity index (χ0n) is 8.93. The molecule has 0 radical (unpaired) electrons. The van der Waals surface area contributed by atoms with Crippen molar-refractivity contribution in [3.8, 4) is 0 Å². The second-order valence-electron chi connectivity index (χ2n) is 3.59. The Morgan fingerprint density at radius 2 is 2.29 bits per heavy atom. The van der Waals surface area contributed by atoms with Gasteiger partial charge in [-0.15, -0.1) is 0 Å². The van der Waals surface area contributed by atoms with Crippen LogP contribution in [0.15, 0.2) is 0 Å². The fourth-order valence-corrected chi connectivity index (χ4v) is 1.73. The highest BCUT2D eigenvalue weighted by Crippen LogP contribution is 2.15. The van der Waals surface area contributed by atoms with E-state index >= 15 is 0 Å². The van der Waals surface area contributed by atoms with Crippen molar-refractivity contribution in [3.63, 3.8) is 0 Å². The Labute approximate surface area is 84.2 Å². The monoisotopic (exact) mass is 202 g/mol. The lowest BCUT2D eigenvalue weighted by atomic mass is 10.2. The number of carboxylic acids is 1. The molecular weight excluding hydrogens is 184 g/mol. The zero-order chi connectivity index (χ0) is 10.7. The van der Waals surface area contributed by atoms with E-state index in [4.69, 9.17) is 9.84 Å². The van der Waals surface area contributed by atoms with Crippen molar-refractivity contribution < 1.29 is 14.6 Å². The Morgan fingerprint density at radius 1 is 1.64 bits per heavy atom. The first-order valence-electron chi connectivity index (χ1n) is 4.87. The third kappa shape index (κ3) is 2.23. The largest absolute Gasteiger partial charge is 0.480 e. The van der Waals surface area contributed by atoms with E-state index in [-0.39, 0.29) is 12.6 Å². The quantitative estimate of drug-likeness (QED) is 0.699. The molecule has 0 aromatic heterocycles. The summed E-state index contributed by atoms with van der Waals surface area (Å²) >= 11 is 0. The van der Waals surface area contributed by atoms with Gasteiger partial charge >= 0.3 is 5.97 Å². The maximum Gasteiger partial charge on any atom is 0.324 e. The van der Waals surface area contributed by atoms with Crippen molar-refractivity contribution in [3.05, 3.63) is 0 Å². The van der Waals surface area contributed by atoms with Gasteiger partial charge in [-0.05, 0) is 6.92 Å². The molecule has 1 aliphatic rings. The molecule has 82 valence electrons. The van der Waals surface area contributed by atoms with Crippen LogP contribution < -0.4 is 0 Å². The van der Waals surface area contributed by atoms with E-state index in [2.05, 4.69) is 0 Å². The molecule has 1 heterocycles. The first-order chi connectivity index (χ1) is 6.57. The van der Waals surface area contributed by atoms with Gasteiger partial charge in [-0.3, -0.25) is 4.79 Å². The minimum atomic E-state index is -0.822. The molecule has 1 aliphatic heterocycles. The second kappa shape index (κ2) is 4.72. The number of carbonyl (C=O) groups is 1. The topological polar surface area (TPSA) is 53.0 Å². The number of hydrazine groups is 1. The van der Waals surface area contributed by atoms with E-state index in [9.17, 15) is 4.79 Å². The number of hydrogen-bond donors (Lipinski definition) is 1. The molecule has 0 saturated carbocycles. The van der Waals surface area contributed by atoms with Crippen LogP contribution in [0.3, 0.4) is 0 Å². The van der Waals surface area contributed by atoms with Crippen LogP contribution in [-0.4, -0.2) is 60.0 Å². The Bertz CT molecular complexity index is 206. The Hall–Kier alpha value is -0.650. The minimum absolute atomic E-state index is 0.120. The van der Waals surface area contributed by atoms with Gasteiger partial charge in [-0.25, -0.2) is 10.0 Å². The average Bonchev–Trinajstić information content (AvgIpc) is 2.16. The molecule has 0 aliphatic carbocycles. The van der Waals surface area contributed by atoms with E-state index in [1.165, 1.54) is 0 Å². The number of hydrogen-bond acceptors (Lipinski definition) is 4. The predicted octanol–water partition coefficient (Wildman–Crippen LogP) is 0.0270. The zero-order valence-corrected chi connectivity index (χ0v) is 8.93. The summed E-state index contributed by atoms with van der Waals surface area (Å²) < 4.78 is 5.23. The highest BCUT2D eigenvalue weighted by molar-refractivity contribution is 5.73. The standard InChI is InChI=1S/C9H18N2O3/c1-4-10(3)11-7(2)5-14-6-8(11)9(12)13/h7-8H,4-6H2,1-3H3,(H,12,13). The van der Waals surface area contributed by atoms with Crippen LogP contribution >= 0.6 is 0 Å². The van der Waals surface area contributed by atoms with Gasteiger partial charge in [0.25, 0.3) is 0 Å². The van der Waals surface area contributed by atoms with E-state index < -0.39 is 12.0 Å². The third-order valence-electron chi connectivity index (χ3n) is 2.54. The lowest BCUT2D eigenvalue weighted by Crippen LogP contribution is -2.60. The van der Waals surface area contributed by atoms with Crippen LogP contribution in [-0.2, 0) is 9.53 Å². The van der Waals surface area contributed by atoms with Crippen molar-refractivity contribution in [2.75, 3.05) is 26.8 Å². The highest BCUT2D eigenvalue weighted by atomic mass is 16.5. The smallest absolute Gasteiger partial charge is 0.324 e. The van der Waals surface area contributed by atoms with Gasteiger partial charge in [0.15, 0.2) is 0 Å². The van der Waals surface area contributed by atoms with Crippen LogP contribution in [0.25, 0.3) is 0 Å². The van der Waals surface area contributed by atoms with Crippen LogP contribution in [0.5, 0.6) is 0 Å². The normalized spacial score (nSPS) is 29.4. The van der Waals surface area contributed by atoms with Gasteiger partial charge in [-0.2, -0.15) is 0 Å². The summed E-state index contributed by atoms with van der Waals surface area (Å²) in [5.74, 6) is -0.822. The lowest BCUT2D eigenvalue weighted by molar-refractivity contribution is -0.178. The minimum Gasteiger partial charge on any atom is -0.480 e. The SMILES string of the molecule is CCN(C)N1C(C)COCC1C(=O)O. The summed E-state index contributed by atoms with van der Waals surface area (Å²) in [6.07, 6.45) is 0. The van der Waals surface area contributed by atoms with Crippen LogP contribution in [0, 0.1) is 0 Å². The fourth-order valence-electron chi connectivity index (χ4n) is 1.73. The molecule has 1 N–H and O–H groups in total. The Morgan fingerprint density at radius 3 is 2.79 bits per heavy atom. The molecule has 5 heteroatoms. The molecule has 0 aromatic rings. The molecule has 2 unspecified atom stereocenters. The predicted molar refractivity (Wildman–Crippen MR) is 51.8 cm³/mol. The van der Waals surface area contributed by atoms with Crippen molar-refractivity contribution in [2.45, 2.75) is 25.9 Å². The Balaban J connectivity index is 2.75. The van der Waals surface area contributed by atoms with Crippen molar-refractivity contribution in [1.82, 2.24) is 10.0 Å². The number of ether oxygens (including phenoxy) is 1. The van der Waals surface area contributed by atoms with Crippen LogP contribution in [0.1, 0.15) is 13.8 Å². The molecule has 0 aromatic carbocycles. The van der Waals surface area contributed by atoms with Crippen molar-refractivity contribution >= 4 is 5.97 Å². The summed E-state index contributed by atoms with van der Waals surface area (Å²) in [5.41, 5.74) is 0. The van der Waals surface area contributed by atoms with E-state index in [0.717, 1.165) is 6.54 Å². The molecule has 1 saturated heterocycles. The van der Waals surface area contributed by atoms with E-state index in [1.807, 2.05) is 30.9 Å². The van der Waals surface area contributed by atoms with Crippen LogP contribution in [0.2, 0.25) is 0 Å². The third-order valence-corrected chi connectivity index (χ3v) is 2.54. The molecule has 0 amide bonds. The van der Waals surface area contributed by atoms with Gasteiger partial charge < -0.3 is 9.84 Å². The molecule has 2 atom stereocenters. The van der Waals surface area contributed by atoms with Crippen molar-refractivity contribution in [2.24, 2.45) is 0 Å². The summed E-state index contributed by atoms with van der Waals surface area (Å²) in [6, 6.07) is -0.432. The maximum atomic E-state index is 11.0. The maximum absolute atomic E-state index is 11.0. The van der Waals surface area contributed by atoms with Gasteiger partial charge in [0, 0.05) is 19.6 Å². The van der Waals surface area contributed by atoms with Crippen molar-refractivity contribution in [1.29, 1.82) is 0 Å². The molecule has 1 rings (SSSR count). The highest BCUT2D eigenvalue weighted by Gasteiger charge is 2.35. The summed E-state index contributed by atoms with van der Waals surface area (Å²) in [6.45, 7) is 5.63. The first-order valence-corrected chi connectivity index (χ1v) is 4.87. The van der Waals surface area contributed by atoms with Gasteiger partial charge in [-0.1, -0.05) is 6.92 Å². The Kier molecular flexibility index (Phi) is 3.86. The summed E-state index contributed by atoms with van der Waals surface area (Å²) in [7, 11) is 1.90. The van der Waals surface area contributed by atoms with E-state index in [1.54, 1.807) is 0 Å². The molecule has 14 heavy (non-hydrogen) atoms. The fraction of sp³-hybridized carbons (Fsp3) is 0.889. The summed E-state index contributed by atoms with van der Waals surface area (Å²) in [5, 5.41) is 12.8. The number of nitrogens with zero attached hydrogens (tertiary/aromatic N) is 2. The second-order valence-corrected chi connectivity index (χ2v) is 3.59. The first kappa shape index (κ1) is 11.4. The average molecular weight is 202 g/mol. The number of rotatable bonds is 3. The number of carboxylic acid groups (broad SMARTS) is 1. The lowest BCUT2D eigenvalue weighted by Gasteiger charge is -2.43. The van der Waals surface area contributed by atoms with Crippen LogP contribution in [0.4, 0.5) is 0 Å². The molecule has 5 nitrogen and oxygen atoms in total. The molecule has 1 fully saturated rings. The van der Waals surface area contributed by atoms with Gasteiger partial charge in [0.2, 0.25) is 0 Å². The van der Waals surface area contributed by atoms with Gasteiger partial charge in [0.05, 0.1) is 13.2 Å². The van der Waals surface area contributed by atoms with E-state index in [0.29, 0.717) is 6.61 Å². The molecule has 0 bridgehead atoms. The van der Waals surface area contributed by atoms with Gasteiger partial charge in [0.1, 0.15) is 6.04 Å². The number of morpholine rings is 1. The summed E-state index contributed by atoms with van der Waals surface area (Å²) in [4.78, 5) is 11.0. The molecular formula is C9H18N2O3.